The highest BCUT2D eigenvalue weighted by Gasteiger charge is 2.18. The van der Waals surface area contributed by atoms with Crippen LogP contribution in [0, 0.1) is 0 Å². The number of benzene rings is 2. The number of nitrogens with one attached hydrogen (secondary N) is 1. The number of ether oxygens (including phenoxy) is 2. The van der Waals surface area contributed by atoms with Crippen LogP contribution >= 0.6 is 0 Å². The normalized spacial score (nSPS) is 14.9. The molecule has 0 amide bonds. The van der Waals surface area contributed by atoms with Crippen molar-refractivity contribution in [1.82, 2.24) is 10.4 Å². The van der Waals surface area contributed by atoms with Crippen molar-refractivity contribution < 1.29 is 9.47 Å². The molecule has 1 aliphatic heterocycles. The van der Waals surface area contributed by atoms with Crippen molar-refractivity contribution in [2.24, 2.45) is 0 Å². The highest BCUT2D eigenvalue weighted by Crippen LogP contribution is 2.29. The number of methoxy groups -OCH3 is 2. The summed E-state index contributed by atoms with van der Waals surface area (Å²) in [6, 6.07) is 16.4. The Bertz CT molecular complexity index is 710. The van der Waals surface area contributed by atoms with Gasteiger partial charge in [-0.15, -0.1) is 0 Å². The molecule has 0 atom stereocenters. The molecule has 0 aliphatic carbocycles. The lowest BCUT2D eigenvalue weighted by Crippen LogP contribution is -2.51. The molecule has 25 heavy (non-hydrogen) atoms. The van der Waals surface area contributed by atoms with Crippen LogP contribution in [0.1, 0.15) is 5.56 Å². The fourth-order valence-electron chi connectivity index (χ4n) is 2.99. The van der Waals surface area contributed by atoms with Crippen LogP contribution in [0.15, 0.2) is 55.1 Å². The summed E-state index contributed by atoms with van der Waals surface area (Å²) in [5.41, 5.74) is 6.54. The fourth-order valence-corrected chi connectivity index (χ4v) is 2.99. The van der Waals surface area contributed by atoms with E-state index in [0.29, 0.717) is 5.75 Å². The predicted octanol–water partition coefficient (Wildman–Crippen LogP) is 3.00. The quantitative estimate of drug-likeness (QED) is 0.876. The molecule has 0 spiro atoms. The van der Waals surface area contributed by atoms with E-state index in [-0.39, 0.29) is 0 Å². The zero-order valence-electron chi connectivity index (χ0n) is 14.9. The molecular weight excluding hydrogens is 314 g/mol. The monoisotopic (exact) mass is 339 g/mol. The van der Waals surface area contributed by atoms with Crippen LogP contribution in [0.2, 0.25) is 0 Å². The summed E-state index contributed by atoms with van der Waals surface area (Å²) in [7, 11) is 3.28. The molecule has 0 aromatic heterocycles. The molecule has 1 N–H and O–H groups in total. The number of hydrazine groups is 1. The molecule has 5 nitrogen and oxygen atoms in total. The average Bonchev–Trinajstić information content (AvgIpc) is 2.68. The third kappa shape index (κ3) is 4.06. The first-order chi connectivity index (χ1) is 12.2. The summed E-state index contributed by atoms with van der Waals surface area (Å²) in [6.07, 6.45) is 0. The lowest BCUT2D eigenvalue weighted by molar-refractivity contribution is 0.215. The Labute approximate surface area is 149 Å². The van der Waals surface area contributed by atoms with Gasteiger partial charge in [0.2, 0.25) is 0 Å². The molecule has 1 saturated heterocycles. The highest BCUT2D eigenvalue weighted by atomic mass is 16.5. The van der Waals surface area contributed by atoms with Crippen LogP contribution in [-0.4, -0.2) is 45.4 Å². The Balaban J connectivity index is 1.58. The van der Waals surface area contributed by atoms with Crippen LogP contribution < -0.4 is 19.8 Å². The zero-order valence-corrected chi connectivity index (χ0v) is 14.9. The van der Waals surface area contributed by atoms with Gasteiger partial charge in [-0.3, -0.25) is 0 Å². The maximum atomic E-state index is 5.37. The van der Waals surface area contributed by atoms with E-state index in [1.807, 2.05) is 18.2 Å². The van der Waals surface area contributed by atoms with Crippen molar-refractivity contribution in [2.75, 3.05) is 45.3 Å². The van der Waals surface area contributed by atoms with Gasteiger partial charge in [-0.1, -0.05) is 24.8 Å². The van der Waals surface area contributed by atoms with Crippen molar-refractivity contribution in [3.05, 3.63) is 60.7 Å². The maximum Gasteiger partial charge on any atom is 0.161 e. The van der Waals surface area contributed by atoms with Crippen molar-refractivity contribution in [3.8, 4) is 11.5 Å². The largest absolute Gasteiger partial charge is 0.493 e. The van der Waals surface area contributed by atoms with E-state index in [1.54, 1.807) is 14.2 Å². The standard InChI is InChI=1S/C20H25N3O2/c1-16(17-9-10-19(24-2)20(15-17)25-3)21-23-13-11-22(12-14-23)18-7-5-4-6-8-18/h4-10,15,21H,1,11-14H2,2-3H3. The Morgan fingerprint density at radius 3 is 2.24 bits per heavy atom. The van der Waals surface area contributed by atoms with E-state index in [2.05, 4.69) is 52.2 Å². The van der Waals surface area contributed by atoms with Crippen LogP contribution in [-0.2, 0) is 0 Å². The highest BCUT2D eigenvalue weighted by molar-refractivity contribution is 5.64. The molecule has 2 aromatic carbocycles. The van der Waals surface area contributed by atoms with Crippen LogP contribution in [0.25, 0.3) is 5.70 Å². The minimum absolute atomic E-state index is 0.705. The van der Waals surface area contributed by atoms with Gasteiger partial charge in [0.05, 0.1) is 14.2 Å². The van der Waals surface area contributed by atoms with Crippen LogP contribution in [0.3, 0.4) is 0 Å². The van der Waals surface area contributed by atoms with E-state index in [0.717, 1.165) is 43.2 Å². The van der Waals surface area contributed by atoms with Gasteiger partial charge < -0.3 is 19.8 Å². The number of hydrogen-bond acceptors (Lipinski definition) is 5. The van der Waals surface area contributed by atoms with Crippen molar-refractivity contribution >= 4 is 11.4 Å². The Morgan fingerprint density at radius 1 is 0.920 bits per heavy atom. The topological polar surface area (TPSA) is 37.0 Å². The zero-order chi connectivity index (χ0) is 17.6. The van der Waals surface area contributed by atoms with Crippen molar-refractivity contribution in [3.63, 3.8) is 0 Å². The minimum Gasteiger partial charge on any atom is -0.493 e. The summed E-state index contributed by atoms with van der Waals surface area (Å²) in [5, 5.41) is 2.21. The van der Waals surface area contributed by atoms with Gasteiger partial charge in [0, 0.05) is 43.1 Å². The van der Waals surface area contributed by atoms with Gasteiger partial charge >= 0.3 is 0 Å². The molecule has 132 valence electrons. The number of anilines is 1. The summed E-state index contributed by atoms with van der Waals surface area (Å²) in [6.45, 7) is 7.99. The van der Waals surface area contributed by atoms with Crippen LogP contribution in [0.5, 0.6) is 11.5 Å². The molecule has 3 rings (SSSR count). The number of rotatable bonds is 6. The minimum atomic E-state index is 0.705. The van der Waals surface area contributed by atoms with Crippen LogP contribution in [0.4, 0.5) is 5.69 Å². The lowest BCUT2D eigenvalue weighted by atomic mass is 10.1. The molecule has 0 radical (unpaired) electrons. The van der Waals surface area contributed by atoms with Gasteiger partial charge in [-0.05, 0) is 30.3 Å². The molecule has 0 bridgehead atoms. The molecule has 1 heterocycles. The third-order valence-electron chi connectivity index (χ3n) is 4.43. The van der Waals surface area contributed by atoms with E-state index < -0.39 is 0 Å². The molecule has 2 aromatic rings. The van der Waals surface area contributed by atoms with E-state index in [9.17, 15) is 0 Å². The first kappa shape index (κ1) is 17.2. The second-order valence-corrected chi connectivity index (χ2v) is 5.97. The Morgan fingerprint density at radius 2 is 1.60 bits per heavy atom. The average molecular weight is 339 g/mol. The molecule has 1 aliphatic rings. The summed E-state index contributed by atoms with van der Waals surface area (Å²) >= 11 is 0. The van der Waals surface area contributed by atoms with Gasteiger partial charge in [0.1, 0.15) is 0 Å². The molecule has 0 unspecified atom stereocenters. The van der Waals surface area contributed by atoms with Crippen molar-refractivity contribution in [1.29, 1.82) is 0 Å². The third-order valence-corrected chi connectivity index (χ3v) is 4.43. The predicted molar refractivity (Wildman–Crippen MR) is 102 cm³/mol. The van der Waals surface area contributed by atoms with Crippen molar-refractivity contribution in [2.45, 2.75) is 0 Å². The second-order valence-electron chi connectivity index (χ2n) is 5.97. The summed E-state index contributed by atoms with van der Waals surface area (Å²) in [4.78, 5) is 2.40. The first-order valence-electron chi connectivity index (χ1n) is 8.44. The van der Waals surface area contributed by atoms with E-state index >= 15 is 0 Å². The molecular formula is C20H25N3O2. The molecule has 0 saturated carbocycles. The van der Waals surface area contributed by atoms with Gasteiger partial charge in [0.15, 0.2) is 11.5 Å². The smallest absolute Gasteiger partial charge is 0.161 e. The second kappa shape index (κ2) is 7.94. The Kier molecular flexibility index (Phi) is 5.46. The van der Waals surface area contributed by atoms with E-state index in [4.69, 9.17) is 9.47 Å². The Hall–Kier alpha value is -2.66. The number of hydrogen-bond donors (Lipinski definition) is 1. The maximum absolute atomic E-state index is 5.37. The lowest BCUT2D eigenvalue weighted by Gasteiger charge is -2.37. The molecule has 5 heteroatoms. The number of nitrogens with zero attached hydrogens (tertiary/aromatic N) is 2. The SMILES string of the molecule is C=C(NN1CCN(c2ccccc2)CC1)c1ccc(OC)c(OC)c1. The van der Waals surface area contributed by atoms with Gasteiger partial charge in [-0.2, -0.15) is 0 Å². The summed E-state index contributed by atoms with van der Waals surface area (Å²) < 4.78 is 10.6. The molecule has 1 fully saturated rings. The fraction of sp³-hybridized carbons (Fsp3) is 0.300. The van der Waals surface area contributed by atoms with Gasteiger partial charge in [0.25, 0.3) is 0 Å². The number of piperazine rings is 1. The summed E-state index contributed by atoms with van der Waals surface area (Å²) in [5.74, 6) is 1.42. The van der Waals surface area contributed by atoms with E-state index in [1.165, 1.54) is 5.69 Å². The number of para-hydroxylation sites is 1. The van der Waals surface area contributed by atoms with Gasteiger partial charge in [-0.25, -0.2) is 5.01 Å². The first-order valence-corrected chi connectivity index (χ1v) is 8.44.